The summed E-state index contributed by atoms with van der Waals surface area (Å²) in [7, 11) is 1.56. The SMILES string of the molecule is CCCC(O)CNC(=O)c1cc(OC)c(Br)s1. The van der Waals surface area contributed by atoms with Crippen molar-refractivity contribution in [2.75, 3.05) is 13.7 Å². The number of aliphatic hydroxyl groups is 1. The van der Waals surface area contributed by atoms with Crippen molar-refractivity contribution in [3.63, 3.8) is 0 Å². The molecule has 1 amide bonds. The average Bonchev–Trinajstić information content (AvgIpc) is 2.68. The quantitative estimate of drug-likeness (QED) is 0.846. The fraction of sp³-hybridized carbons (Fsp3) is 0.545. The molecule has 6 heteroatoms. The van der Waals surface area contributed by atoms with Crippen molar-refractivity contribution in [3.8, 4) is 5.75 Å². The molecule has 0 saturated heterocycles. The van der Waals surface area contributed by atoms with Gasteiger partial charge in [0.2, 0.25) is 0 Å². The lowest BCUT2D eigenvalue weighted by Gasteiger charge is -2.09. The average molecular weight is 322 g/mol. The molecule has 0 aliphatic heterocycles. The lowest BCUT2D eigenvalue weighted by atomic mass is 10.2. The summed E-state index contributed by atoms with van der Waals surface area (Å²) >= 11 is 4.62. The Balaban J connectivity index is 2.52. The van der Waals surface area contributed by atoms with Gasteiger partial charge in [-0.2, -0.15) is 0 Å². The second-order valence-electron chi connectivity index (χ2n) is 3.61. The molecule has 1 aromatic rings. The zero-order chi connectivity index (χ0) is 12.8. The van der Waals surface area contributed by atoms with Gasteiger partial charge in [0.05, 0.1) is 18.1 Å². The van der Waals surface area contributed by atoms with Crippen molar-refractivity contribution in [1.29, 1.82) is 0 Å². The maximum atomic E-state index is 11.7. The van der Waals surface area contributed by atoms with E-state index in [9.17, 15) is 9.90 Å². The van der Waals surface area contributed by atoms with Crippen LogP contribution in [0, 0.1) is 0 Å². The Kier molecular flexibility index (Phi) is 5.94. The van der Waals surface area contributed by atoms with Gasteiger partial charge in [-0.05, 0) is 22.4 Å². The Morgan fingerprint density at radius 3 is 2.94 bits per heavy atom. The summed E-state index contributed by atoms with van der Waals surface area (Å²) in [5.41, 5.74) is 0. The first-order valence-corrected chi connectivity index (χ1v) is 6.99. The van der Waals surface area contributed by atoms with Crippen molar-refractivity contribution in [2.24, 2.45) is 0 Å². The highest BCUT2D eigenvalue weighted by atomic mass is 79.9. The lowest BCUT2D eigenvalue weighted by Crippen LogP contribution is -2.31. The molecule has 4 nitrogen and oxygen atoms in total. The van der Waals surface area contributed by atoms with Crippen LogP contribution in [0.1, 0.15) is 29.4 Å². The molecule has 17 heavy (non-hydrogen) atoms. The number of aliphatic hydroxyl groups excluding tert-OH is 1. The van der Waals surface area contributed by atoms with Crippen molar-refractivity contribution in [2.45, 2.75) is 25.9 Å². The number of nitrogens with one attached hydrogen (secondary N) is 1. The second-order valence-corrected chi connectivity index (χ2v) is 5.98. The largest absolute Gasteiger partial charge is 0.495 e. The Hall–Kier alpha value is -0.590. The predicted molar refractivity (Wildman–Crippen MR) is 71.8 cm³/mol. The van der Waals surface area contributed by atoms with Gasteiger partial charge in [-0.15, -0.1) is 11.3 Å². The van der Waals surface area contributed by atoms with Gasteiger partial charge in [0, 0.05) is 12.6 Å². The normalized spacial score (nSPS) is 12.2. The maximum absolute atomic E-state index is 11.7. The zero-order valence-electron chi connectivity index (χ0n) is 9.83. The molecule has 1 aromatic heterocycles. The Morgan fingerprint density at radius 2 is 2.41 bits per heavy atom. The van der Waals surface area contributed by atoms with E-state index < -0.39 is 6.10 Å². The number of amides is 1. The number of hydrogen-bond acceptors (Lipinski definition) is 4. The topological polar surface area (TPSA) is 58.6 Å². The fourth-order valence-electron chi connectivity index (χ4n) is 1.34. The van der Waals surface area contributed by atoms with Gasteiger partial charge >= 0.3 is 0 Å². The van der Waals surface area contributed by atoms with E-state index in [2.05, 4.69) is 21.2 Å². The minimum atomic E-state index is -0.478. The zero-order valence-corrected chi connectivity index (χ0v) is 12.2. The van der Waals surface area contributed by atoms with E-state index in [0.29, 0.717) is 17.0 Å². The van der Waals surface area contributed by atoms with E-state index >= 15 is 0 Å². The summed E-state index contributed by atoms with van der Waals surface area (Å²) in [6, 6.07) is 1.68. The predicted octanol–water partition coefficient (Wildman–Crippen LogP) is 2.41. The van der Waals surface area contributed by atoms with E-state index in [1.54, 1.807) is 13.2 Å². The first kappa shape index (κ1) is 14.5. The lowest BCUT2D eigenvalue weighted by molar-refractivity contribution is 0.0914. The van der Waals surface area contributed by atoms with Crippen LogP contribution >= 0.6 is 27.3 Å². The third-order valence-corrected chi connectivity index (χ3v) is 4.00. The molecular weight excluding hydrogens is 306 g/mol. The molecular formula is C11H16BrNO3S. The molecule has 96 valence electrons. The highest BCUT2D eigenvalue weighted by Crippen LogP contribution is 2.34. The molecule has 0 aromatic carbocycles. The van der Waals surface area contributed by atoms with Gasteiger partial charge in [0.25, 0.3) is 5.91 Å². The number of ether oxygens (including phenoxy) is 1. The van der Waals surface area contributed by atoms with Gasteiger partial charge in [-0.1, -0.05) is 13.3 Å². The van der Waals surface area contributed by atoms with E-state index in [0.717, 1.165) is 10.2 Å². The summed E-state index contributed by atoms with van der Waals surface area (Å²) < 4.78 is 5.87. The van der Waals surface area contributed by atoms with Crippen LogP contribution in [0.3, 0.4) is 0 Å². The highest BCUT2D eigenvalue weighted by Gasteiger charge is 2.14. The van der Waals surface area contributed by atoms with Gasteiger partial charge in [-0.25, -0.2) is 0 Å². The van der Waals surface area contributed by atoms with Crippen LogP contribution in [-0.4, -0.2) is 30.8 Å². The number of rotatable bonds is 6. The maximum Gasteiger partial charge on any atom is 0.261 e. The Bertz CT molecular complexity index is 381. The van der Waals surface area contributed by atoms with Gasteiger partial charge in [0.1, 0.15) is 9.54 Å². The van der Waals surface area contributed by atoms with Crippen molar-refractivity contribution >= 4 is 33.2 Å². The smallest absolute Gasteiger partial charge is 0.261 e. The van der Waals surface area contributed by atoms with Crippen LogP contribution in [0.25, 0.3) is 0 Å². The molecule has 0 aliphatic rings. The summed E-state index contributed by atoms with van der Waals surface area (Å²) in [5.74, 6) is 0.461. The van der Waals surface area contributed by atoms with Crippen molar-refractivity contribution in [1.82, 2.24) is 5.32 Å². The number of carbonyl (C=O) groups is 1. The van der Waals surface area contributed by atoms with Crippen LogP contribution in [0.4, 0.5) is 0 Å². The number of thiophene rings is 1. The van der Waals surface area contributed by atoms with Gasteiger partial charge < -0.3 is 15.2 Å². The third-order valence-electron chi connectivity index (χ3n) is 2.22. The van der Waals surface area contributed by atoms with E-state index in [-0.39, 0.29) is 12.5 Å². The molecule has 0 bridgehead atoms. The summed E-state index contributed by atoms with van der Waals surface area (Å²) in [6.07, 6.45) is 1.11. The number of hydrogen-bond donors (Lipinski definition) is 2. The molecule has 1 rings (SSSR count). The molecule has 0 spiro atoms. The van der Waals surface area contributed by atoms with E-state index in [1.807, 2.05) is 6.92 Å². The minimum absolute atomic E-state index is 0.186. The third kappa shape index (κ3) is 4.29. The number of carbonyl (C=O) groups excluding carboxylic acids is 1. The van der Waals surface area contributed by atoms with Crippen molar-refractivity contribution in [3.05, 3.63) is 14.7 Å². The molecule has 0 aliphatic carbocycles. The molecule has 1 unspecified atom stereocenters. The van der Waals surface area contributed by atoms with Crippen LogP contribution in [-0.2, 0) is 0 Å². The molecule has 2 N–H and O–H groups in total. The molecule has 0 fully saturated rings. The first-order chi connectivity index (χ1) is 8.08. The Morgan fingerprint density at radius 1 is 1.71 bits per heavy atom. The van der Waals surface area contributed by atoms with Crippen LogP contribution in [0.5, 0.6) is 5.75 Å². The number of methoxy groups -OCH3 is 1. The summed E-state index contributed by atoms with van der Waals surface area (Å²) in [5, 5.41) is 12.2. The second kappa shape index (κ2) is 6.98. The van der Waals surface area contributed by atoms with Crippen LogP contribution in [0.15, 0.2) is 9.85 Å². The highest BCUT2D eigenvalue weighted by molar-refractivity contribution is 9.11. The van der Waals surface area contributed by atoms with E-state index in [4.69, 9.17) is 4.74 Å². The fourth-order valence-corrected chi connectivity index (χ4v) is 2.90. The van der Waals surface area contributed by atoms with Crippen molar-refractivity contribution < 1.29 is 14.6 Å². The molecule has 1 heterocycles. The van der Waals surface area contributed by atoms with Gasteiger partial charge in [0.15, 0.2) is 0 Å². The molecule has 0 radical (unpaired) electrons. The van der Waals surface area contributed by atoms with Gasteiger partial charge in [-0.3, -0.25) is 4.79 Å². The van der Waals surface area contributed by atoms with Crippen LogP contribution < -0.4 is 10.1 Å². The van der Waals surface area contributed by atoms with Crippen LogP contribution in [0.2, 0.25) is 0 Å². The summed E-state index contributed by atoms with van der Waals surface area (Å²) in [6.45, 7) is 2.27. The first-order valence-electron chi connectivity index (χ1n) is 5.38. The molecule has 1 atom stereocenters. The Labute approximate surface area is 113 Å². The molecule has 0 saturated carbocycles. The minimum Gasteiger partial charge on any atom is -0.495 e. The summed E-state index contributed by atoms with van der Waals surface area (Å²) in [4.78, 5) is 12.3. The van der Waals surface area contributed by atoms with E-state index in [1.165, 1.54) is 11.3 Å². The monoisotopic (exact) mass is 321 g/mol. The standard InChI is InChI=1S/C11H16BrNO3S/c1-3-4-7(14)6-13-11(15)9-5-8(16-2)10(12)17-9/h5,7,14H,3-4,6H2,1-2H3,(H,13,15). The number of halogens is 1.